The molecule has 4 heteroatoms. The summed E-state index contributed by atoms with van der Waals surface area (Å²) in [5, 5.41) is 30.6. The van der Waals surface area contributed by atoms with Gasteiger partial charge < -0.3 is 20.6 Å². The number of aromatic hydroxyl groups is 1. The second kappa shape index (κ2) is 5.30. The summed E-state index contributed by atoms with van der Waals surface area (Å²) >= 11 is 0. The normalized spacial score (nSPS) is 13.8. The van der Waals surface area contributed by atoms with Crippen LogP contribution in [0.3, 0.4) is 0 Å². The van der Waals surface area contributed by atoms with Gasteiger partial charge in [-0.1, -0.05) is 12.1 Å². The number of phenolic OH excluding ortho intramolecular Hbond substituents is 1. The van der Waals surface area contributed by atoms with Crippen molar-refractivity contribution in [1.29, 1.82) is 0 Å². The fourth-order valence-electron chi connectivity index (χ4n) is 1.51. The molecule has 1 aromatic carbocycles. The first-order valence-electron chi connectivity index (χ1n) is 5.29. The average Bonchev–Trinajstić information content (AvgIpc) is 2.29. The highest BCUT2D eigenvalue weighted by molar-refractivity contribution is 5.27. The van der Waals surface area contributed by atoms with Crippen LogP contribution < -0.4 is 5.32 Å². The van der Waals surface area contributed by atoms with E-state index in [0.717, 1.165) is 5.56 Å². The van der Waals surface area contributed by atoms with Crippen molar-refractivity contribution >= 4 is 0 Å². The molecule has 16 heavy (non-hydrogen) atoms. The molecule has 1 atom stereocenters. The summed E-state index contributed by atoms with van der Waals surface area (Å²) in [6, 6.07) is 6.83. The van der Waals surface area contributed by atoms with Crippen molar-refractivity contribution in [3.63, 3.8) is 0 Å². The fourth-order valence-corrected chi connectivity index (χ4v) is 1.51. The Labute approximate surface area is 95.6 Å². The molecule has 0 aliphatic heterocycles. The van der Waals surface area contributed by atoms with E-state index >= 15 is 0 Å². The quantitative estimate of drug-likeness (QED) is 0.597. The second-order valence-corrected chi connectivity index (χ2v) is 4.33. The lowest BCUT2D eigenvalue weighted by atomic mass is 10.0. The van der Waals surface area contributed by atoms with Crippen LogP contribution in [0.1, 0.15) is 25.5 Å². The second-order valence-electron chi connectivity index (χ2n) is 4.33. The molecule has 0 spiro atoms. The molecule has 90 valence electrons. The van der Waals surface area contributed by atoms with E-state index in [1.165, 1.54) is 0 Å². The van der Waals surface area contributed by atoms with E-state index in [1.807, 2.05) is 19.1 Å². The molecular formula is C12H19NO3. The van der Waals surface area contributed by atoms with Crippen LogP contribution in [-0.4, -0.2) is 34.1 Å². The summed E-state index contributed by atoms with van der Waals surface area (Å²) in [6.07, 6.45) is 0. The van der Waals surface area contributed by atoms with Crippen molar-refractivity contribution in [3.05, 3.63) is 29.8 Å². The molecule has 0 amide bonds. The van der Waals surface area contributed by atoms with Gasteiger partial charge in [0.05, 0.1) is 18.8 Å². The van der Waals surface area contributed by atoms with E-state index in [9.17, 15) is 0 Å². The van der Waals surface area contributed by atoms with E-state index in [2.05, 4.69) is 5.32 Å². The highest BCUT2D eigenvalue weighted by Gasteiger charge is 2.24. The molecule has 0 aliphatic rings. The molecule has 0 fully saturated rings. The maximum atomic E-state index is 9.16. The van der Waals surface area contributed by atoms with E-state index in [-0.39, 0.29) is 25.0 Å². The zero-order chi connectivity index (χ0) is 12.2. The Morgan fingerprint density at radius 1 is 1.19 bits per heavy atom. The molecule has 0 radical (unpaired) electrons. The predicted molar refractivity (Wildman–Crippen MR) is 62.2 cm³/mol. The lowest BCUT2D eigenvalue weighted by molar-refractivity contribution is 0.0957. The summed E-state index contributed by atoms with van der Waals surface area (Å²) in [6.45, 7) is 3.43. The van der Waals surface area contributed by atoms with Gasteiger partial charge >= 0.3 is 0 Å². The zero-order valence-electron chi connectivity index (χ0n) is 9.64. The third-order valence-electron chi connectivity index (χ3n) is 2.66. The van der Waals surface area contributed by atoms with Gasteiger partial charge in [0.2, 0.25) is 0 Å². The van der Waals surface area contributed by atoms with Gasteiger partial charge in [0.25, 0.3) is 0 Å². The Morgan fingerprint density at radius 2 is 1.69 bits per heavy atom. The smallest absolute Gasteiger partial charge is 0.115 e. The van der Waals surface area contributed by atoms with Gasteiger partial charge in [0, 0.05) is 6.04 Å². The lowest BCUT2D eigenvalue weighted by Crippen LogP contribution is -2.49. The van der Waals surface area contributed by atoms with Crippen LogP contribution in [-0.2, 0) is 0 Å². The number of benzene rings is 1. The molecule has 1 rings (SSSR count). The largest absolute Gasteiger partial charge is 0.508 e. The number of aliphatic hydroxyl groups excluding tert-OH is 2. The number of nitrogens with one attached hydrogen (secondary N) is 1. The Kier molecular flexibility index (Phi) is 4.29. The fraction of sp³-hybridized carbons (Fsp3) is 0.500. The van der Waals surface area contributed by atoms with Gasteiger partial charge in [-0.3, -0.25) is 0 Å². The van der Waals surface area contributed by atoms with Crippen LogP contribution in [0.15, 0.2) is 24.3 Å². The van der Waals surface area contributed by atoms with Crippen molar-refractivity contribution in [2.45, 2.75) is 25.4 Å². The summed E-state index contributed by atoms with van der Waals surface area (Å²) in [7, 11) is 0. The molecule has 0 saturated carbocycles. The average molecular weight is 225 g/mol. The Morgan fingerprint density at radius 3 is 2.12 bits per heavy atom. The van der Waals surface area contributed by atoms with Gasteiger partial charge in [0.1, 0.15) is 5.75 Å². The Hall–Kier alpha value is -1.10. The van der Waals surface area contributed by atoms with Crippen molar-refractivity contribution < 1.29 is 15.3 Å². The van der Waals surface area contributed by atoms with Crippen LogP contribution >= 0.6 is 0 Å². The molecule has 4 nitrogen and oxygen atoms in total. The summed E-state index contributed by atoms with van der Waals surface area (Å²) < 4.78 is 0. The molecule has 0 aliphatic carbocycles. The van der Waals surface area contributed by atoms with Crippen molar-refractivity contribution in [1.82, 2.24) is 5.32 Å². The van der Waals surface area contributed by atoms with Crippen LogP contribution in [0.4, 0.5) is 0 Å². The van der Waals surface area contributed by atoms with Gasteiger partial charge in [0.15, 0.2) is 0 Å². The molecule has 0 saturated heterocycles. The third kappa shape index (κ3) is 3.20. The van der Waals surface area contributed by atoms with Crippen molar-refractivity contribution in [2.24, 2.45) is 0 Å². The minimum absolute atomic E-state index is 0.00935. The van der Waals surface area contributed by atoms with Crippen molar-refractivity contribution in [3.8, 4) is 5.75 Å². The third-order valence-corrected chi connectivity index (χ3v) is 2.66. The molecule has 0 bridgehead atoms. The summed E-state index contributed by atoms with van der Waals surface area (Å²) in [5.74, 6) is 0.225. The summed E-state index contributed by atoms with van der Waals surface area (Å²) in [4.78, 5) is 0. The minimum atomic E-state index is -0.697. The first-order chi connectivity index (χ1) is 7.50. The monoisotopic (exact) mass is 225 g/mol. The standard InChI is InChI=1S/C12H19NO3/c1-9(13-12(2,7-14)8-15)10-3-5-11(16)6-4-10/h3-6,9,13-16H,7-8H2,1-2H3. The number of hydrogen-bond acceptors (Lipinski definition) is 4. The highest BCUT2D eigenvalue weighted by atomic mass is 16.3. The SMILES string of the molecule is CC(NC(C)(CO)CO)c1ccc(O)cc1. The summed E-state index contributed by atoms with van der Waals surface area (Å²) in [5.41, 5.74) is 0.294. The lowest BCUT2D eigenvalue weighted by Gasteiger charge is -2.30. The number of aliphatic hydroxyl groups is 2. The molecule has 0 heterocycles. The molecule has 1 unspecified atom stereocenters. The molecule has 4 N–H and O–H groups in total. The van der Waals surface area contributed by atoms with Crippen LogP contribution in [0.5, 0.6) is 5.75 Å². The number of hydrogen-bond donors (Lipinski definition) is 4. The van der Waals surface area contributed by atoms with Crippen LogP contribution in [0.25, 0.3) is 0 Å². The van der Waals surface area contributed by atoms with Gasteiger partial charge in [-0.25, -0.2) is 0 Å². The Bertz CT molecular complexity index is 320. The van der Waals surface area contributed by atoms with Crippen molar-refractivity contribution in [2.75, 3.05) is 13.2 Å². The predicted octanol–water partition coefficient (Wildman–Crippen LogP) is 0.786. The van der Waals surface area contributed by atoms with Crippen LogP contribution in [0.2, 0.25) is 0 Å². The maximum absolute atomic E-state index is 9.16. The molecule has 0 aromatic heterocycles. The highest BCUT2D eigenvalue weighted by Crippen LogP contribution is 2.18. The minimum Gasteiger partial charge on any atom is -0.508 e. The first-order valence-corrected chi connectivity index (χ1v) is 5.29. The van der Waals surface area contributed by atoms with Gasteiger partial charge in [-0.2, -0.15) is 0 Å². The molecule has 1 aromatic rings. The van der Waals surface area contributed by atoms with E-state index in [1.54, 1.807) is 19.1 Å². The van der Waals surface area contributed by atoms with Gasteiger partial charge in [-0.15, -0.1) is 0 Å². The molecular weight excluding hydrogens is 206 g/mol. The zero-order valence-corrected chi connectivity index (χ0v) is 9.64. The topological polar surface area (TPSA) is 72.7 Å². The van der Waals surface area contributed by atoms with E-state index < -0.39 is 5.54 Å². The first kappa shape index (κ1) is 13.0. The van der Waals surface area contributed by atoms with Gasteiger partial charge in [-0.05, 0) is 31.5 Å². The number of phenols is 1. The van der Waals surface area contributed by atoms with E-state index in [0.29, 0.717) is 0 Å². The van der Waals surface area contributed by atoms with Crippen LogP contribution in [0, 0.1) is 0 Å². The van der Waals surface area contributed by atoms with E-state index in [4.69, 9.17) is 15.3 Å². The Balaban J connectivity index is 2.71. The number of rotatable bonds is 5. The maximum Gasteiger partial charge on any atom is 0.115 e.